The number of morpholine rings is 1. The number of ether oxygens (including phenoxy) is 1. The van der Waals surface area contributed by atoms with Crippen LogP contribution in [-0.2, 0) is 4.74 Å². The minimum absolute atomic E-state index is 0.602. The van der Waals surface area contributed by atoms with Gasteiger partial charge >= 0.3 is 0 Å². The Morgan fingerprint density at radius 1 is 1.35 bits per heavy atom. The molecule has 2 aliphatic rings. The minimum atomic E-state index is 0.602. The zero-order valence-corrected chi connectivity index (χ0v) is 10.5. The number of guanidine groups is 1. The topological polar surface area (TPSA) is 62.9 Å². The second kappa shape index (κ2) is 6.81. The molecule has 1 heterocycles. The van der Waals surface area contributed by atoms with Gasteiger partial charge in [-0.15, -0.1) is 0 Å². The summed E-state index contributed by atoms with van der Waals surface area (Å²) >= 11 is 0. The van der Waals surface area contributed by atoms with Gasteiger partial charge in [0, 0.05) is 32.7 Å². The van der Waals surface area contributed by atoms with Gasteiger partial charge in [0.2, 0.25) is 0 Å². The summed E-state index contributed by atoms with van der Waals surface area (Å²) in [6.07, 6.45) is 4.01. The van der Waals surface area contributed by atoms with Crippen molar-refractivity contribution in [3.8, 4) is 0 Å². The van der Waals surface area contributed by atoms with Crippen LogP contribution in [0.25, 0.3) is 0 Å². The summed E-state index contributed by atoms with van der Waals surface area (Å²) in [6, 6.07) is 0. The number of hydrogen-bond donors (Lipinski definition) is 2. The van der Waals surface area contributed by atoms with E-state index in [0.717, 1.165) is 51.9 Å². The first kappa shape index (κ1) is 12.6. The summed E-state index contributed by atoms with van der Waals surface area (Å²) in [4.78, 5) is 6.75. The number of rotatable bonds is 5. The SMILES string of the molecule is NC(=NCC1CCC1)NCCN1CCOCC1. The lowest BCUT2D eigenvalue weighted by Crippen LogP contribution is -2.43. The molecule has 2 fully saturated rings. The highest BCUT2D eigenvalue weighted by atomic mass is 16.5. The van der Waals surface area contributed by atoms with Gasteiger partial charge in [-0.05, 0) is 18.8 Å². The largest absolute Gasteiger partial charge is 0.379 e. The second-order valence-electron chi connectivity index (χ2n) is 4.90. The Bertz CT molecular complexity index is 247. The molecule has 3 N–H and O–H groups in total. The Morgan fingerprint density at radius 2 is 2.12 bits per heavy atom. The van der Waals surface area contributed by atoms with Crippen molar-refractivity contribution in [3.63, 3.8) is 0 Å². The summed E-state index contributed by atoms with van der Waals surface area (Å²) in [5.74, 6) is 1.39. The molecule has 0 bridgehead atoms. The Kier molecular flexibility index (Phi) is 5.07. The molecule has 0 amide bonds. The maximum atomic E-state index is 5.81. The monoisotopic (exact) mass is 240 g/mol. The Hall–Kier alpha value is -0.810. The second-order valence-corrected chi connectivity index (χ2v) is 4.90. The molecule has 0 aromatic heterocycles. The van der Waals surface area contributed by atoms with Crippen molar-refractivity contribution in [1.29, 1.82) is 0 Å². The van der Waals surface area contributed by atoms with E-state index in [2.05, 4.69) is 15.2 Å². The quantitative estimate of drug-likeness (QED) is 0.525. The van der Waals surface area contributed by atoms with Crippen LogP contribution >= 0.6 is 0 Å². The third-order valence-electron chi connectivity index (χ3n) is 3.58. The molecule has 1 saturated carbocycles. The van der Waals surface area contributed by atoms with E-state index in [0.29, 0.717) is 5.96 Å². The van der Waals surface area contributed by atoms with Crippen molar-refractivity contribution < 1.29 is 4.74 Å². The van der Waals surface area contributed by atoms with Crippen LogP contribution < -0.4 is 11.1 Å². The molecule has 1 saturated heterocycles. The van der Waals surface area contributed by atoms with Crippen LogP contribution in [0.1, 0.15) is 19.3 Å². The maximum Gasteiger partial charge on any atom is 0.188 e. The zero-order chi connectivity index (χ0) is 11.9. The number of nitrogens with zero attached hydrogens (tertiary/aromatic N) is 2. The van der Waals surface area contributed by atoms with E-state index in [4.69, 9.17) is 10.5 Å². The molecule has 1 aliphatic heterocycles. The van der Waals surface area contributed by atoms with Gasteiger partial charge < -0.3 is 15.8 Å². The van der Waals surface area contributed by atoms with Crippen molar-refractivity contribution in [2.75, 3.05) is 45.9 Å². The molecule has 0 atom stereocenters. The highest BCUT2D eigenvalue weighted by molar-refractivity contribution is 5.77. The predicted molar refractivity (Wildman–Crippen MR) is 69.1 cm³/mol. The van der Waals surface area contributed by atoms with Crippen molar-refractivity contribution >= 4 is 5.96 Å². The van der Waals surface area contributed by atoms with E-state index in [-0.39, 0.29) is 0 Å². The zero-order valence-electron chi connectivity index (χ0n) is 10.5. The Morgan fingerprint density at radius 3 is 2.76 bits per heavy atom. The Balaban J connectivity index is 1.53. The highest BCUT2D eigenvalue weighted by Crippen LogP contribution is 2.26. The molecule has 0 unspecified atom stereocenters. The van der Waals surface area contributed by atoms with E-state index in [1.165, 1.54) is 19.3 Å². The van der Waals surface area contributed by atoms with Gasteiger partial charge in [0.1, 0.15) is 0 Å². The van der Waals surface area contributed by atoms with E-state index in [1.807, 2.05) is 0 Å². The van der Waals surface area contributed by atoms with Gasteiger partial charge in [0.05, 0.1) is 13.2 Å². The van der Waals surface area contributed by atoms with E-state index < -0.39 is 0 Å². The van der Waals surface area contributed by atoms with Crippen LogP contribution in [0, 0.1) is 5.92 Å². The molecular formula is C12H24N4O. The predicted octanol–water partition coefficient (Wildman–Crippen LogP) is 0.0230. The number of nitrogens with two attached hydrogens (primary N) is 1. The lowest BCUT2D eigenvalue weighted by atomic mass is 9.86. The third-order valence-corrected chi connectivity index (χ3v) is 3.58. The molecular weight excluding hydrogens is 216 g/mol. The fourth-order valence-corrected chi connectivity index (χ4v) is 2.13. The van der Waals surface area contributed by atoms with Gasteiger partial charge in [-0.1, -0.05) is 6.42 Å². The molecule has 0 aromatic rings. The molecule has 0 radical (unpaired) electrons. The van der Waals surface area contributed by atoms with Crippen LogP contribution in [0.2, 0.25) is 0 Å². The fraction of sp³-hybridized carbons (Fsp3) is 0.917. The normalized spacial score (nSPS) is 23.4. The molecule has 1 aliphatic carbocycles. The molecule has 5 heteroatoms. The van der Waals surface area contributed by atoms with Crippen molar-refractivity contribution in [1.82, 2.24) is 10.2 Å². The number of hydrogen-bond acceptors (Lipinski definition) is 3. The standard InChI is InChI=1S/C12H24N4O/c13-12(15-10-11-2-1-3-11)14-4-5-16-6-8-17-9-7-16/h11H,1-10H2,(H3,13,14,15). The lowest BCUT2D eigenvalue weighted by Gasteiger charge is -2.26. The molecule has 0 aromatic carbocycles. The van der Waals surface area contributed by atoms with Gasteiger partial charge in [-0.2, -0.15) is 0 Å². The minimum Gasteiger partial charge on any atom is -0.379 e. The van der Waals surface area contributed by atoms with Crippen molar-refractivity contribution in [2.45, 2.75) is 19.3 Å². The number of aliphatic imine (C=N–C) groups is 1. The Labute approximate surface area is 103 Å². The fourth-order valence-electron chi connectivity index (χ4n) is 2.13. The average Bonchev–Trinajstić information content (AvgIpc) is 2.28. The van der Waals surface area contributed by atoms with Crippen molar-refractivity contribution in [2.24, 2.45) is 16.6 Å². The van der Waals surface area contributed by atoms with Crippen LogP contribution in [0.15, 0.2) is 4.99 Å². The van der Waals surface area contributed by atoms with Crippen LogP contribution in [0.5, 0.6) is 0 Å². The number of nitrogens with one attached hydrogen (secondary N) is 1. The van der Waals surface area contributed by atoms with Gasteiger partial charge in [-0.25, -0.2) is 0 Å². The first-order valence-electron chi connectivity index (χ1n) is 6.68. The van der Waals surface area contributed by atoms with Crippen LogP contribution in [0.4, 0.5) is 0 Å². The molecule has 2 rings (SSSR count). The summed E-state index contributed by atoms with van der Waals surface area (Å²) in [5, 5.41) is 3.18. The van der Waals surface area contributed by atoms with Gasteiger partial charge in [-0.3, -0.25) is 9.89 Å². The van der Waals surface area contributed by atoms with Crippen molar-refractivity contribution in [3.05, 3.63) is 0 Å². The smallest absolute Gasteiger partial charge is 0.188 e. The summed E-state index contributed by atoms with van der Waals surface area (Å²) in [5.41, 5.74) is 5.81. The summed E-state index contributed by atoms with van der Waals surface area (Å²) in [6.45, 7) is 6.55. The first-order chi connectivity index (χ1) is 8.34. The summed E-state index contributed by atoms with van der Waals surface area (Å²) < 4.78 is 5.30. The average molecular weight is 240 g/mol. The molecule has 5 nitrogen and oxygen atoms in total. The third kappa shape index (κ3) is 4.52. The van der Waals surface area contributed by atoms with Gasteiger partial charge in [0.25, 0.3) is 0 Å². The van der Waals surface area contributed by atoms with E-state index >= 15 is 0 Å². The van der Waals surface area contributed by atoms with E-state index in [9.17, 15) is 0 Å². The summed E-state index contributed by atoms with van der Waals surface area (Å²) in [7, 11) is 0. The van der Waals surface area contributed by atoms with Crippen LogP contribution in [0.3, 0.4) is 0 Å². The highest BCUT2D eigenvalue weighted by Gasteiger charge is 2.16. The molecule has 0 spiro atoms. The maximum absolute atomic E-state index is 5.81. The lowest BCUT2D eigenvalue weighted by molar-refractivity contribution is 0.0389. The molecule has 98 valence electrons. The molecule has 17 heavy (non-hydrogen) atoms. The van der Waals surface area contributed by atoms with Gasteiger partial charge in [0.15, 0.2) is 5.96 Å². The van der Waals surface area contributed by atoms with Crippen LogP contribution in [-0.4, -0.2) is 56.8 Å². The first-order valence-corrected chi connectivity index (χ1v) is 6.68. The van der Waals surface area contributed by atoms with E-state index in [1.54, 1.807) is 0 Å².